The quantitative estimate of drug-likeness (QED) is 0.232. The van der Waals surface area contributed by atoms with Crippen molar-refractivity contribution in [1.29, 1.82) is 0 Å². The van der Waals surface area contributed by atoms with E-state index in [0.29, 0.717) is 5.75 Å². The number of rotatable bonds is 11. The number of hydrogen-bond donors (Lipinski definition) is 3. The summed E-state index contributed by atoms with van der Waals surface area (Å²) in [4.78, 5) is 17.4. The van der Waals surface area contributed by atoms with E-state index >= 15 is 0 Å². The van der Waals surface area contributed by atoms with Crippen molar-refractivity contribution in [2.75, 3.05) is 44.7 Å². The standard InChI is InChI=1S/C23H33N5O2.HI/c1-4-28(20-7-5-6-18(2)16-20)15-14-27-23(25-3)26-13-12-19-8-10-21(11-9-19)30-17-22(24)29;/h5-11,16H,4,12-15,17H2,1-3H3,(H2,24,29)(H2,25,26,27);1H. The third kappa shape index (κ3) is 9.91. The normalized spacial score (nSPS) is 10.7. The number of anilines is 1. The average molecular weight is 539 g/mol. The maximum atomic E-state index is 10.8. The van der Waals surface area contributed by atoms with Gasteiger partial charge >= 0.3 is 0 Å². The molecule has 0 saturated carbocycles. The van der Waals surface area contributed by atoms with Gasteiger partial charge in [-0.25, -0.2) is 0 Å². The molecule has 0 spiro atoms. The second-order valence-electron chi connectivity index (χ2n) is 6.99. The number of likely N-dealkylation sites (N-methyl/N-ethyl adjacent to an activating group) is 1. The molecule has 0 aliphatic rings. The summed E-state index contributed by atoms with van der Waals surface area (Å²) in [6.45, 7) is 7.58. The maximum Gasteiger partial charge on any atom is 0.255 e. The average Bonchev–Trinajstić information content (AvgIpc) is 2.74. The van der Waals surface area contributed by atoms with Crippen LogP contribution >= 0.6 is 24.0 Å². The molecule has 2 aromatic carbocycles. The Hall–Kier alpha value is -2.49. The van der Waals surface area contributed by atoms with Crippen LogP contribution in [-0.2, 0) is 11.2 Å². The van der Waals surface area contributed by atoms with E-state index in [1.54, 1.807) is 7.05 Å². The number of nitrogens with one attached hydrogen (secondary N) is 2. The molecule has 4 N–H and O–H groups in total. The summed E-state index contributed by atoms with van der Waals surface area (Å²) in [6.07, 6.45) is 0.848. The van der Waals surface area contributed by atoms with E-state index in [9.17, 15) is 4.79 Å². The van der Waals surface area contributed by atoms with Crippen LogP contribution in [0.25, 0.3) is 0 Å². The molecule has 0 aromatic heterocycles. The van der Waals surface area contributed by atoms with Gasteiger partial charge in [0.2, 0.25) is 0 Å². The molecule has 0 aliphatic carbocycles. The van der Waals surface area contributed by atoms with Gasteiger partial charge in [0, 0.05) is 38.9 Å². The maximum absolute atomic E-state index is 10.8. The molecule has 8 heteroatoms. The van der Waals surface area contributed by atoms with E-state index in [1.165, 1.54) is 16.8 Å². The number of nitrogens with two attached hydrogens (primary N) is 1. The molecule has 1 amide bonds. The molecule has 7 nitrogen and oxygen atoms in total. The minimum absolute atomic E-state index is 0. The lowest BCUT2D eigenvalue weighted by Gasteiger charge is -2.24. The predicted octanol–water partition coefficient (Wildman–Crippen LogP) is 2.71. The molecule has 2 rings (SSSR count). The monoisotopic (exact) mass is 539 g/mol. The first kappa shape index (κ1) is 26.5. The Balaban J connectivity index is 0.00000480. The van der Waals surface area contributed by atoms with E-state index in [4.69, 9.17) is 10.5 Å². The second-order valence-corrected chi connectivity index (χ2v) is 6.99. The van der Waals surface area contributed by atoms with Crippen LogP contribution in [0.15, 0.2) is 53.5 Å². The van der Waals surface area contributed by atoms with Crippen LogP contribution in [0.4, 0.5) is 5.69 Å². The zero-order valence-electron chi connectivity index (χ0n) is 18.6. The largest absolute Gasteiger partial charge is 0.484 e. The molecule has 0 saturated heterocycles. The van der Waals surface area contributed by atoms with E-state index < -0.39 is 5.91 Å². The van der Waals surface area contributed by atoms with E-state index in [0.717, 1.165) is 38.6 Å². The number of guanidine groups is 1. The molecule has 0 aliphatic heterocycles. The zero-order chi connectivity index (χ0) is 21.8. The minimum atomic E-state index is -0.483. The number of benzene rings is 2. The molecule has 2 aromatic rings. The van der Waals surface area contributed by atoms with Gasteiger partial charge < -0.3 is 26.0 Å². The van der Waals surface area contributed by atoms with Crippen molar-refractivity contribution in [2.45, 2.75) is 20.3 Å². The van der Waals surface area contributed by atoms with Crippen LogP contribution in [0.3, 0.4) is 0 Å². The Morgan fingerprint density at radius 1 is 1.13 bits per heavy atom. The van der Waals surface area contributed by atoms with Gasteiger partial charge in [0.05, 0.1) is 0 Å². The fraction of sp³-hybridized carbons (Fsp3) is 0.391. The Kier molecular flexibility index (Phi) is 12.4. The van der Waals surface area contributed by atoms with Crippen LogP contribution in [-0.4, -0.2) is 51.7 Å². The van der Waals surface area contributed by atoms with Gasteiger partial charge in [0.25, 0.3) is 5.91 Å². The smallest absolute Gasteiger partial charge is 0.255 e. The molecule has 0 unspecified atom stereocenters. The van der Waals surface area contributed by atoms with Crippen LogP contribution < -0.4 is 26.0 Å². The Morgan fingerprint density at radius 2 is 1.84 bits per heavy atom. The molecule has 0 atom stereocenters. The topological polar surface area (TPSA) is 92.0 Å². The van der Waals surface area contributed by atoms with Crippen molar-refractivity contribution >= 4 is 41.5 Å². The van der Waals surface area contributed by atoms with Crippen molar-refractivity contribution in [2.24, 2.45) is 10.7 Å². The molecule has 0 heterocycles. The van der Waals surface area contributed by atoms with Crippen LogP contribution in [0, 0.1) is 6.92 Å². The number of halogens is 1. The highest BCUT2D eigenvalue weighted by atomic mass is 127. The predicted molar refractivity (Wildman–Crippen MR) is 139 cm³/mol. The molecular formula is C23H34IN5O2. The highest BCUT2D eigenvalue weighted by Gasteiger charge is 2.05. The molecule has 0 fully saturated rings. The number of amides is 1. The molecule has 0 bridgehead atoms. The van der Waals surface area contributed by atoms with Gasteiger partial charge in [-0.15, -0.1) is 24.0 Å². The van der Waals surface area contributed by atoms with Gasteiger partial charge in [-0.3, -0.25) is 9.79 Å². The SMILES string of the molecule is CCN(CCNC(=NC)NCCc1ccc(OCC(N)=O)cc1)c1cccc(C)c1.I. The van der Waals surface area contributed by atoms with Crippen LogP contribution in [0.5, 0.6) is 5.75 Å². The van der Waals surface area contributed by atoms with Gasteiger partial charge in [-0.1, -0.05) is 24.3 Å². The highest BCUT2D eigenvalue weighted by molar-refractivity contribution is 14.0. The van der Waals surface area contributed by atoms with Crippen LogP contribution in [0.1, 0.15) is 18.1 Å². The first-order valence-electron chi connectivity index (χ1n) is 10.3. The van der Waals surface area contributed by atoms with Gasteiger partial charge in [0.15, 0.2) is 12.6 Å². The van der Waals surface area contributed by atoms with Crippen LogP contribution in [0.2, 0.25) is 0 Å². The van der Waals surface area contributed by atoms with Crippen molar-refractivity contribution in [1.82, 2.24) is 10.6 Å². The summed E-state index contributed by atoms with van der Waals surface area (Å²) in [5.41, 5.74) is 8.76. The first-order chi connectivity index (χ1) is 14.5. The molecule has 170 valence electrons. The van der Waals surface area contributed by atoms with Crippen molar-refractivity contribution in [3.05, 3.63) is 59.7 Å². The van der Waals surface area contributed by atoms with E-state index in [-0.39, 0.29) is 30.6 Å². The number of carbonyl (C=O) groups excluding carboxylic acids is 1. The lowest BCUT2D eigenvalue weighted by atomic mass is 10.1. The Morgan fingerprint density at radius 3 is 2.45 bits per heavy atom. The lowest BCUT2D eigenvalue weighted by Crippen LogP contribution is -2.42. The number of ether oxygens (including phenoxy) is 1. The fourth-order valence-electron chi connectivity index (χ4n) is 3.06. The summed E-state index contributed by atoms with van der Waals surface area (Å²) < 4.78 is 5.27. The summed E-state index contributed by atoms with van der Waals surface area (Å²) in [6, 6.07) is 16.2. The molecule has 31 heavy (non-hydrogen) atoms. The van der Waals surface area contributed by atoms with E-state index in [1.807, 2.05) is 24.3 Å². The summed E-state index contributed by atoms with van der Waals surface area (Å²) in [5, 5.41) is 6.72. The Labute approximate surface area is 202 Å². The number of carbonyl (C=O) groups is 1. The zero-order valence-corrected chi connectivity index (χ0v) is 20.9. The second kappa shape index (κ2) is 14.5. The van der Waals surface area contributed by atoms with Gasteiger partial charge in [-0.05, 0) is 55.7 Å². The van der Waals surface area contributed by atoms with E-state index in [2.05, 4.69) is 58.6 Å². The highest BCUT2D eigenvalue weighted by Crippen LogP contribution is 2.15. The Bertz CT molecular complexity index is 827. The lowest BCUT2D eigenvalue weighted by molar-refractivity contribution is -0.119. The van der Waals surface area contributed by atoms with Gasteiger partial charge in [0.1, 0.15) is 5.75 Å². The third-order valence-electron chi connectivity index (χ3n) is 4.66. The fourth-order valence-corrected chi connectivity index (χ4v) is 3.06. The number of aliphatic imine (C=N–C) groups is 1. The van der Waals surface area contributed by atoms with Crippen molar-refractivity contribution < 1.29 is 9.53 Å². The number of primary amides is 1. The number of hydrogen-bond acceptors (Lipinski definition) is 4. The minimum Gasteiger partial charge on any atom is -0.484 e. The molecule has 0 radical (unpaired) electrons. The molecular weight excluding hydrogens is 505 g/mol. The third-order valence-corrected chi connectivity index (χ3v) is 4.66. The summed E-state index contributed by atoms with van der Waals surface area (Å²) >= 11 is 0. The van der Waals surface area contributed by atoms with Gasteiger partial charge in [-0.2, -0.15) is 0 Å². The number of nitrogens with zero attached hydrogens (tertiary/aromatic N) is 2. The summed E-state index contributed by atoms with van der Waals surface area (Å²) in [5.74, 6) is 0.942. The van der Waals surface area contributed by atoms with Crippen molar-refractivity contribution in [3.63, 3.8) is 0 Å². The van der Waals surface area contributed by atoms with Crippen molar-refractivity contribution in [3.8, 4) is 5.75 Å². The first-order valence-corrected chi connectivity index (χ1v) is 10.3. The summed E-state index contributed by atoms with van der Waals surface area (Å²) in [7, 11) is 1.78. The number of aryl methyl sites for hydroxylation is 1.